The second kappa shape index (κ2) is 5.84. The first kappa shape index (κ1) is 13.5. The monoisotopic (exact) mass is 320 g/mol. The molecule has 0 spiro atoms. The molecule has 0 saturated heterocycles. The van der Waals surface area contributed by atoms with Crippen LogP contribution in [-0.4, -0.2) is 10.9 Å². The van der Waals surface area contributed by atoms with Crippen LogP contribution in [0.5, 0.6) is 0 Å². The Morgan fingerprint density at radius 3 is 2.63 bits per heavy atom. The second-order valence-corrected chi connectivity index (χ2v) is 5.12. The zero-order valence-electron chi connectivity index (χ0n) is 10.4. The number of hydrogen-bond acceptors (Lipinski definition) is 2. The van der Waals surface area contributed by atoms with Gasteiger partial charge in [0.2, 0.25) is 0 Å². The van der Waals surface area contributed by atoms with Crippen molar-refractivity contribution in [2.45, 2.75) is 13.5 Å². The number of amides is 1. The third-order valence-corrected chi connectivity index (χ3v) is 3.20. The van der Waals surface area contributed by atoms with Crippen molar-refractivity contribution in [1.82, 2.24) is 10.3 Å². The van der Waals surface area contributed by atoms with Crippen LogP contribution in [0.3, 0.4) is 0 Å². The number of carbonyl (C=O) groups is 1. The van der Waals surface area contributed by atoms with Crippen molar-refractivity contribution in [3.05, 3.63) is 68.0 Å². The van der Waals surface area contributed by atoms with Crippen molar-refractivity contribution in [2.24, 2.45) is 0 Å². The smallest absolute Gasteiger partial charge is 0.257 e. The summed E-state index contributed by atoms with van der Waals surface area (Å²) in [7, 11) is 0. The predicted molar refractivity (Wildman–Crippen MR) is 77.1 cm³/mol. The lowest BCUT2D eigenvalue weighted by Crippen LogP contribution is -2.28. The van der Waals surface area contributed by atoms with E-state index in [1.807, 2.05) is 24.3 Å². The molecule has 0 aliphatic rings. The average Bonchev–Trinajstić information content (AvgIpc) is 2.37. The van der Waals surface area contributed by atoms with Crippen LogP contribution in [0.25, 0.3) is 0 Å². The van der Waals surface area contributed by atoms with Gasteiger partial charge in [-0.15, -0.1) is 0 Å². The summed E-state index contributed by atoms with van der Waals surface area (Å²) in [5.41, 5.74) is 1.56. The van der Waals surface area contributed by atoms with Crippen LogP contribution in [0.2, 0.25) is 0 Å². The van der Waals surface area contributed by atoms with Crippen LogP contribution in [-0.2, 0) is 6.54 Å². The van der Waals surface area contributed by atoms with Gasteiger partial charge in [0.05, 0.1) is 0 Å². The molecule has 5 heteroatoms. The minimum absolute atomic E-state index is 0.128. The van der Waals surface area contributed by atoms with E-state index in [4.69, 9.17) is 0 Å². The Bertz CT molecular complexity index is 647. The highest BCUT2D eigenvalue weighted by Crippen LogP contribution is 2.10. The Morgan fingerprint density at radius 1 is 1.32 bits per heavy atom. The van der Waals surface area contributed by atoms with Gasteiger partial charge in [0.25, 0.3) is 5.91 Å². The number of benzene rings is 1. The molecule has 1 heterocycles. The molecule has 19 heavy (non-hydrogen) atoms. The fourth-order valence-corrected chi connectivity index (χ4v) is 1.89. The molecule has 98 valence electrons. The van der Waals surface area contributed by atoms with Crippen LogP contribution in [0, 0.1) is 6.92 Å². The Kier molecular flexibility index (Phi) is 4.16. The van der Waals surface area contributed by atoms with E-state index in [-0.39, 0.29) is 16.9 Å². The van der Waals surface area contributed by atoms with E-state index in [2.05, 4.69) is 26.2 Å². The van der Waals surface area contributed by atoms with Crippen molar-refractivity contribution in [3.8, 4) is 0 Å². The highest BCUT2D eigenvalue weighted by molar-refractivity contribution is 9.10. The summed E-state index contributed by atoms with van der Waals surface area (Å²) in [6.45, 7) is 2.16. The summed E-state index contributed by atoms with van der Waals surface area (Å²) in [5.74, 6) is -0.371. The van der Waals surface area contributed by atoms with Crippen molar-refractivity contribution in [1.29, 1.82) is 0 Å². The average molecular weight is 321 g/mol. The molecule has 1 aromatic heterocycles. The van der Waals surface area contributed by atoms with Crippen LogP contribution < -0.4 is 10.7 Å². The molecule has 2 aromatic rings. The van der Waals surface area contributed by atoms with E-state index in [9.17, 15) is 9.59 Å². The van der Waals surface area contributed by atoms with E-state index < -0.39 is 0 Å². The van der Waals surface area contributed by atoms with Crippen molar-refractivity contribution in [3.63, 3.8) is 0 Å². The molecule has 0 atom stereocenters. The molecular weight excluding hydrogens is 308 g/mol. The fraction of sp³-hybridized carbons (Fsp3) is 0.143. The quantitative estimate of drug-likeness (QED) is 0.912. The van der Waals surface area contributed by atoms with Gasteiger partial charge in [-0.3, -0.25) is 9.59 Å². The normalized spacial score (nSPS) is 10.2. The number of aromatic nitrogens is 1. The largest absolute Gasteiger partial charge is 0.364 e. The number of rotatable bonds is 3. The summed E-state index contributed by atoms with van der Waals surface area (Å²) < 4.78 is 0.984. The van der Waals surface area contributed by atoms with E-state index in [0.29, 0.717) is 6.54 Å². The molecule has 0 radical (unpaired) electrons. The number of halogens is 1. The van der Waals surface area contributed by atoms with Gasteiger partial charge in [0.1, 0.15) is 5.56 Å². The molecule has 4 nitrogen and oxygen atoms in total. The van der Waals surface area contributed by atoms with Crippen LogP contribution >= 0.6 is 15.9 Å². The SMILES string of the molecule is Cc1cc(=O)c(C(=O)NCc2ccc(Br)cc2)c[nH]1. The van der Waals surface area contributed by atoms with E-state index in [1.165, 1.54) is 12.3 Å². The Labute approximate surface area is 119 Å². The second-order valence-electron chi connectivity index (χ2n) is 4.20. The topological polar surface area (TPSA) is 62.0 Å². The Balaban J connectivity index is 2.05. The maximum absolute atomic E-state index is 11.9. The number of hydrogen-bond donors (Lipinski definition) is 2. The van der Waals surface area contributed by atoms with Gasteiger partial charge in [-0.2, -0.15) is 0 Å². The zero-order chi connectivity index (χ0) is 13.8. The van der Waals surface area contributed by atoms with Gasteiger partial charge in [-0.25, -0.2) is 0 Å². The lowest BCUT2D eigenvalue weighted by molar-refractivity contribution is 0.0949. The first-order valence-electron chi connectivity index (χ1n) is 5.78. The summed E-state index contributed by atoms with van der Waals surface area (Å²) in [4.78, 5) is 26.4. The number of aryl methyl sites for hydroxylation is 1. The minimum Gasteiger partial charge on any atom is -0.364 e. The van der Waals surface area contributed by atoms with Crippen molar-refractivity contribution >= 4 is 21.8 Å². The van der Waals surface area contributed by atoms with E-state index >= 15 is 0 Å². The first-order chi connectivity index (χ1) is 9.06. The summed E-state index contributed by atoms with van der Waals surface area (Å²) in [5, 5.41) is 2.72. The molecule has 0 bridgehead atoms. The Morgan fingerprint density at radius 2 is 2.00 bits per heavy atom. The molecule has 2 rings (SSSR count). The van der Waals surface area contributed by atoms with Gasteiger partial charge in [-0.05, 0) is 24.6 Å². The fourth-order valence-electron chi connectivity index (χ4n) is 1.63. The molecule has 0 fully saturated rings. The lowest BCUT2D eigenvalue weighted by Gasteiger charge is -2.05. The van der Waals surface area contributed by atoms with E-state index in [1.54, 1.807) is 6.92 Å². The zero-order valence-corrected chi connectivity index (χ0v) is 12.0. The van der Waals surface area contributed by atoms with Gasteiger partial charge in [-0.1, -0.05) is 28.1 Å². The van der Waals surface area contributed by atoms with Gasteiger partial charge in [0, 0.05) is 29.0 Å². The maximum atomic E-state index is 11.9. The Hall–Kier alpha value is -1.88. The van der Waals surface area contributed by atoms with Gasteiger partial charge in [0.15, 0.2) is 5.43 Å². The van der Waals surface area contributed by atoms with Crippen LogP contribution in [0.15, 0.2) is 45.8 Å². The highest BCUT2D eigenvalue weighted by Gasteiger charge is 2.09. The number of H-pyrrole nitrogens is 1. The summed E-state index contributed by atoms with van der Waals surface area (Å²) >= 11 is 3.35. The number of pyridine rings is 1. The standard InChI is InChI=1S/C14H13BrN2O2/c1-9-6-13(18)12(8-16-9)14(19)17-7-10-2-4-11(15)5-3-10/h2-6,8H,7H2,1H3,(H,16,18)(H,17,19). The highest BCUT2D eigenvalue weighted by atomic mass is 79.9. The van der Waals surface area contributed by atoms with Gasteiger partial charge >= 0.3 is 0 Å². The van der Waals surface area contributed by atoms with Gasteiger partial charge < -0.3 is 10.3 Å². The molecule has 0 unspecified atom stereocenters. The molecule has 0 aliphatic heterocycles. The molecule has 1 aromatic carbocycles. The number of carbonyl (C=O) groups excluding carboxylic acids is 1. The first-order valence-corrected chi connectivity index (χ1v) is 6.57. The third-order valence-electron chi connectivity index (χ3n) is 2.67. The van der Waals surface area contributed by atoms with E-state index in [0.717, 1.165) is 15.7 Å². The number of aromatic amines is 1. The lowest BCUT2D eigenvalue weighted by atomic mass is 10.2. The third kappa shape index (κ3) is 3.54. The molecule has 0 aliphatic carbocycles. The molecular formula is C14H13BrN2O2. The van der Waals surface area contributed by atoms with Crippen LogP contribution in [0.1, 0.15) is 21.6 Å². The molecule has 0 saturated carbocycles. The predicted octanol–water partition coefficient (Wildman–Crippen LogP) is 2.38. The minimum atomic E-state index is -0.371. The van der Waals surface area contributed by atoms with Crippen LogP contribution in [0.4, 0.5) is 0 Å². The summed E-state index contributed by atoms with van der Waals surface area (Å²) in [6, 6.07) is 9.03. The summed E-state index contributed by atoms with van der Waals surface area (Å²) in [6.07, 6.45) is 1.44. The molecule has 2 N–H and O–H groups in total. The van der Waals surface area contributed by atoms with Crippen molar-refractivity contribution in [2.75, 3.05) is 0 Å². The van der Waals surface area contributed by atoms with Crippen molar-refractivity contribution < 1.29 is 4.79 Å². The number of nitrogens with one attached hydrogen (secondary N) is 2. The maximum Gasteiger partial charge on any atom is 0.257 e. The molecule has 1 amide bonds.